The summed E-state index contributed by atoms with van der Waals surface area (Å²) >= 11 is 0. The van der Waals surface area contributed by atoms with Crippen LogP contribution in [-0.2, 0) is 16.1 Å². The van der Waals surface area contributed by atoms with Crippen molar-refractivity contribution >= 4 is 5.97 Å². The van der Waals surface area contributed by atoms with Crippen molar-refractivity contribution in [1.82, 2.24) is 0 Å². The van der Waals surface area contributed by atoms with E-state index in [2.05, 4.69) is 0 Å². The summed E-state index contributed by atoms with van der Waals surface area (Å²) < 4.78 is 5.22. The molecule has 0 spiro atoms. The molecule has 1 aromatic rings. The predicted octanol–water partition coefficient (Wildman–Crippen LogP) is 0.924. The van der Waals surface area contributed by atoms with Gasteiger partial charge in [0, 0.05) is 0 Å². The molecule has 0 radical (unpaired) electrons. The number of benzene rings is 1. The molecule has 0 fully saturated rings. The molecule has 1 rings (SSSR count). The molecule has 82 valence electrons. The zero-order valence-electron chi connectivity index (χ0n) is 8.64. The maximum absolute atomic E-state index is 10.4. The largest absolute Gasteiger partial charge is 0.480 e. The van der Waals surface area contributed by atoms with Gasteiger partial charge in [0.1, 0.15) is 6.04 Å². The molecule has 0 amide bonds. The summed E-state index contributed by atoms with van der Waals surface area (Å²) in [5, 5.41) is 8.53. The van der Waals surface area contributed by atoms with E-state index < -0.39 is 12.0 Å². The first-order valence-electron chi connectivity index (χ1n) is 4.72. The van der Waals surface area contributed by atoms with Crippen LogP contribution in [0.15, 0.2) is 24.3 Å². The number of carboxylic acid groups (broad SMARTS) is 1. The molecule has 0 aliphatic rings. The highest BCUT2D eigenvalue weighted by atomic mass is 16.5. The average molecular weight is 209 g/mol. The Labute approximate surface area is 88.7 Å². The third kappa shape index (κ3) is 3.69. The lowest BCUT2D eigenvalue weighted by Crippen LogP contribution is -2.34. The third-order valence-corrected chi connectivity index (χ3v) is 2.13. The Bertz CT molecular complexity index is 338. The standard InChI is InChI=1S/C11H15NO3/c1-8-4-2-3-5-9(8)6-15-7-10(12)11(13)14/h2-5,10H,6-7,12H2,1H3,(H,13,14)/t10-/m0/s1. The molecule has 0 aliphatic heterocycles. The van der Waals surface area contributed by atoms with Crippen LogP contribution < -0.4 is 5.73 Å². The summed E-state index contributed by atoms with van der Waals surface area (Å²) in [4.78, 5) is 10.4. The van der Waals surface area contributed by atoms with Gasteiger partial charge in [-0.3, -0.25) is 4.79 Å². The second-order valence-electron chi connectivity index (χ2n) is 3.39. The van der Waals surface area contributed by atoms with Gasteiger partial charge >= 0.3 is 5.97 Å². The number of rotatable bonds is 5. The van der Waals surface area contributed by atoms with Crippen molar-refractivity contribution in [2.75, 3.05) is 6.61 Å². The molecule has 15 heavy (non-hydrogen) atoms. The molecular weight excluding hydrogens is 194 g/mol. The molecule has 0 saturated carbocycles. The Kier molecular flexibility index (Phi) is 4.27. The van der Waals surface area contributed by atoms with E-state index in [1.807, 2.05) is 31.2 Å². The lowest BCUT2D eigenvalue weighted by molar-refractivity contribution is -0.140. The topological polar surface area (TPSA) is 72.5 Å². The Balaban J connectivity index is 2.38. The van der Waals surface area contributed by atoms with Crippen LogP contribution in [0.2, 0.25) is 0 Å². The first-order valence-corrected chi connectivity index (χ1v) is 4.72. The van der Waals surface area contributed by atoms with Gasteiger partial charge in [0.25, 0.3) is 0 Å². The molecule has 4 heteroatoms. The number of aryl methyl sites for hydroxylation is 1. The minimum atomic E-state index is -1.04. The van der Waals surface area contributed by atoms with Crippen LogP contribution in [0.25, 0.3) is 0 Å². The predicted molar refractivity (Wildman–Crippen MR) is 56.4 cm³/mol. The van der Waals surface area contributed by atoms with Crippen molar-refractivity contribution in [2.24, 2.45) is 5.73 Å². The quantitative estimate of drug-likeness (QED) is 0.756. The van der Waals surface area contributed by atoms with Crippen molar-refractivity contribution in [3.05, 3.63) is 35.4 Å². The summed E-state index contributed by atoms with van der Waals surface area (Å²) in [6.07, 6.45) is 0. The van der Waals surface area contributed by atoms with E-state index in [0.29, 0.717) is 6.61 Å². The van der Waals surface area contributed by atoms with Crippen LogP contribution in [-0.4, -0.2) is 23.7 Å². The van der Waals surface area contributed by atoms with Crippen LogP contribution in [0, 0.1) is 6.92 Å². The van der Waals surface area contributed by atoms with E-state index in [1.165, 1.54) is 0 Å². The summed E-state index contributed by atoms with van der Waals surface area (Å²) in [6.45, 7) is 2.41. The van der Waals surface area contributed by atoms with E-state index in [0.717, 1.165) is 11.1 Å². The van der Waals surface area contributed by atoms with Gasteiger partial charge in [-0.05, 0) is 18.1 Å². The first kappa shape index (κ1) is 11.7. The Morgan fingerprint density at radius 3 is 2.80 bits per heavy atom. The molecule has 0 heterocycles. The highest BCUT2D eigenvalue weighted by Crippen LogP contribution is 2.08. The number of ether oxygens (including phenoxy) is 1. The minimum absolute atomic E-state index is 0.0314. The van der Waals surface area contributed by atoms with Crippen LogP contribution in [0.3, 0.4) is 0 Å². The molecule has 0 saturated heterocycles. The number of carbonyl (C=O) groups is 1. The van der Waals surface area contributed by atoms with Gasteiger partial charge in [0.15, 0.2) is 0 Å². The highest BCUT2D eigenvalue weighted by molar-refractivity contribution is 5.73. The first-order chi connectivity index (χ1) is 7.11. The van der Waals surface area contributed by atoms with Crippen LogP contribution >= 0.6 is 0 Å². The molecule has 0 aliphatic carbocycles. The number of hydrogen-bond acceptors (Lipinski definition) is 3. The summed E-state index contributed by atoms with van der Waals surface area (Å²) in [6, 6.07) is 6.84. The van der Waals surface area contributed by atoms with Gasteiger partial charge in [-0.2, -0.15) is 0 Å². The maximum Gasteiger partial charge on any atom is 0.322 e. The van der Waals surface area contributed by atoms with Crippen LogP contribution in [0.5, 0.6) is 0 Å². The smallest absolute Gasteiger partial charge is 0.322 e. The van der Waals surface area contributed by atoms with Crippen molar-refractivity contribution in [1.29, 1.82) is 0 Å². The van der Waals surface area contributed by atoms with Crippen molar-refractivity contribution in [3.8, 4) is 0 Å². The molecule has 0 unspecified atom stereocenters. The van der Waals surface area contributed by atoms with Gasteiger partial charge in [-0.1, -0.05) is 24.3 Å². The van der Waals surface area contributed by atoms with E-state index in [4.69, 9.17) is 15.6 Å². The molecule has 1 atom stereocenters. The minimum Gasteiger partial charge on any atom is -0.480 e. The number of nitrogens with two attached hydrogens (primary N) is 1. The molecule has 4 nitrogen and oxygen atoms in total. The lowest BCUT2D eigenvalue weighted by Gasteiger charge is -2.09. The average Bonchev–Trinajstić information content (AvgIpc) is 2.20. The number of aliphatic carboxylic acids is 1. The number of hydrogen-bond donors (Lipinski definition) is 2. The maximum atomic E-state index is 10.4. The van der Waals surface area contributed by atoms with E-state index in [-0.39, 0.29) is 6.61 Å². The second-order valence-corrected chi connectivity index (χ2v) is 3.39. The Morgan fingerprint density at radius 1 is 1.53 bits per heavy atom. The fourth-order valence-electron chi connectivity index (χ4n) is 1.14. The van der Waals surface area contributed by atoms with Crippen molar-refractivity contribution < 1.29 is 14.6 Å². The molecule has 0 aromatic heterocycles. The summed E-state index contributed by atoms with van der Waals surface area (Å²) in [5.41, 5.74) is 7.47. The van der Waals surface area contributed by atoms with Gasteiger partial charge in [-0.25, -0.2) is 0 Å². The fourth-order valence-corrected chi connectivity index (χ4v) is 1.14. The monoisotopic (exact) mass is 209 g/mol. The number of carboxylic acids is 1. The van der Waals surface area contributed by atoms with E-state index >= 15 is 0 Å². The van der Waals surface area contributed by atoms with Gasteiger partial charge in [0.05, 0.1) is 13.2 Å². The summed E-state index contributed by atoms with van der Waals surface area (Å²) in [5.74, 6) is -1.04. The second kappa shape index (κ2) is 5.48. The molecule has 0 bridgehead atoms. The van der Waals surface area contributed by atoms with Gasteiger partial charge < -0.3 is 15.6 Å². The van der Waals surface area contributed by atoms with Crippen LogP contribution in [0.1, 0.15) is 11.1 Å². The Hall–Kier alpha value is -1.39. The van der Waals surface area contributed by atoms with Crippen molar-refractivity contribution in [2.45, 2.75) is 19.6 Å². The SMILES string of the molecule is Cc1ccccc1COC[C@H](N)C(=O)O. The van der Waals surface area contributed by atoms with Gasteiger partial charge in [0.2, 0.25) is 0 Å². The van der Waals surface area contributed by atoms with E-state index in [9.17, 15) is 4.79 Å². The molecule has 1 aromatic carbocycles. The molecular formula is C11H15NO3. The van der Waals surface area contributed by atoms with E-state index in [1.54, 1.807) is 0 Å². The van der Waals surface area contributed by atoms with Crippen LogP contribution in [0.4, 0.5) is 0 Å². The summed E-state index contributed by atoms with van der Waals surface area (Å²) in [7, 11) is 0. The lowest BCUT2D eigenvalue weighted by atomic mass is 10.1. The fraction of sp³-hybridized carbons (Fsp3) is 0.364. The highest BCUT2D eigenvalue weighted by Gasteiger charge is 2.11. The zero-order valence-corrected chi connectivity index (χ0v) is 8.64. The third-order valence-electron chi connectivity index (χ3n) is 2.13. The zero-order chi connectivity index (χ0) is 11.3. The Morgan fingerprint density at radius 2 is 2.20 bits per heavy atom. The molecule has 3 N–H and O–H groups in total. The van der Waals surface area contributed by atoms with Crippen molar-refractivity contribution in [3.63, 3.8) is 0 Å². The normalized spacial score (nSPS) is 12.4. The van der Waals surface area contributed by atoms with Gasteiger partial charge in [-0.15, -0.1) is 0 Å².